The van der Waals surface area contributed by atoms with Crippen molar-refractivity contribution in [2.24, 2.45) is 0 Å². The summed E-state index contributed by atoms with van der Waals surface area (Å²) in [5.74, 6) is -0.483. The molecule has 25 heavy (non-hydrogen) atoms. The molecular weight excluding hydrogens is 322 g/mol. The topological polar surface area (TPSA) is 84.9 Å². The lowest BCUT2D eigenvalue weighted by atomic mass is 9.85. The molecule has 0 saturated carbocycles. The Morgan fingerprint density at radius 1 is 0.960 bits per heavy atom. The summed E-state index contributed by atoms with van der Waals surface area (Å²) >= 11 is 0. The van der Waals surface area contributed by atoms with Gasteiger partial charge in [0.05, 0.1) is 19.6 Å². The monoisotopic (exact) mass is 343 g/mol. The fourth-order valence-corrected chi connectivity index (χ4v) is 2.36. The van der Waals surface area contributed by atoms with Crippen LogP contribution in [-0.2, 0) is 10.2 Å². The van der Waals surface area contributed by atoms with Crippen molar-refractivity contribution in [3.05, 3.63) is 53.6 Å². The molecule has 0 radical (unpaired) electrons. The number of hydrogen-bond donors (Lipinski definition) is 2. The van der Waals surface area contributed by atoms with E-state index in [1.165, 1.54) is 14.2 Å². The van der Waals surface area contributed by atoms with Gasteiger partial charge in [-0.1, -0.05) is 18.2 Å². The van der Waals surface area contributed by atoms with Gasteiger partial charge in [-0.3, -0.25) is 9.59 Å². The first-order chi connectivity index (χ1) is 11.8. The zero-order valence-corrected chi connectivity index (χ0v) is 14.6. The Kier molecular flexibility index (Phi) is 5.32. The Balaban J connectivity index is 2.26. The van der Waals surface area contributed by atoms with Crippen molar-refractivity contribution >= 4 is 17.6 Å². The molecule has 0 bridgehead atoms. The Labute approximate surface area is 146 Å². The number of rotatable bonds is 6. The van der Waals surface area contributed by atoms with Crippen LogP contribution in [-0.4, -0.2) is 31.2 Å². The zero-order chi connectivity index (χ0) is 18.6. The van der Waals surface area contributed by atoms with Crippen molar-refractivity contribution in [3.63, 3.8) is 0 Å². The number of carbonyl (C=O) groups is 2. The third-order valence-electron chi connectivity index (χ3n) is 4.05. The van der Waals surface area contributed by atoms with Gasteiger partial charge in [0.2, 0.25) is 0 Å². The van der Waals surface area contributed by atoms with Gasteiger partial charge >= 0.3 is 5.97 Å². The molecule has 0 spiro atoms. The molecule has 2 N–H and O–H groups in total. The van der Waals surface area contributed by atoms with E-state index in [9.17, 15) is 14.7 Å². The maximum Gasteiger partial charge on any atom is 0.313 e. The third kappa shape index (κ3) is 3.74. The van der Waals surface area contributed by atoms with Crippen molar-refractivity contribution in [1.29, 1.82) is 0 Å². The number of nitrogens with one attached hydrogen (secondary N) is 1. The Morgan fingerprint density at radius 2 is 1.48 bits per heavy atom. The van der Waals surface area contributed by atoms with E-state index in [0.29, 0.717) is 28.3 Å². The van der Waals surface area contributed by atoms with Crippen LogP contribution in [0, 0.1) is 0 Å². The predicted octanol–water partition coefficient (Wildman–Crippen LogP) is 3.32. The standard InChI is InChI=1S/C19H21NO5/c1-19(2,18(22)23)12-8-10-13(11-9-12)20-17(21)16-14(24-3)6-5-7-15(16)25-4/h5-11H,1-4H3,(H,20,21)(H,22,23). The van der Waals surface area contributed by atoms with Crippen LogP contribution in [0.3, 0.4) is 0 Å². The Morgan fingerprint density at radius 3 is 1.92 bits per heavy atom. The van der Waals surface area contributed by atoms with Crippen molar-refractivity contribution in [1.82, 2.24) is 0 Å². The van der Waals surface area contributed by atoms with Crippen LogP contribution < -0.4 is 14.8 Å². The molecule has 0 aliphatic rings. The van der Waals surface area contributed by atoms with E-state index in [1.54, 1.807) is 56.3 Å². The van der Waals surface area contributed by atoms with Gasteiger partial charge in [-0.25, -0.2) is 0 Å². The fraction of sp³-hybridized carbons (Fsp3) is 0.263. The molecule has 132 valence electrons. The number of anilines is 1. The van der Waals surface area contributed by atoms with Crippen molar-refractivity contribution < 1.29 is 24.2 Å². The first kappa shape index (κ1) is 18.3. The minimum Gasteiger partial charge on any atom is -0.496 e. The molecule has 0 saturated heterocycles. The average Bonchev–Trinajstić information content (AvgIpc) is 2.61. The maximum absolute atomic E-state index is 12.6. The fourth-order valence-electron chi connectivity index (χ4n) is 2.36. The highest BCUT2D eigenvalue weighted by Gasteiger charge is 2.29. The molecule has 0 fully saturated rings. The van der Waals surface area contributed by atoms with Crippen LogP contribution in [0.1, 0.15) is 29.8 Å². The second-order valence-electron chi connectivity index (χ2n) is 6.00. The van der Waals surface area contributed by atoms with E-state index < -0.39 is 11.4 Å². The van der Waals surface area contributed by atoms with E-state index in [0.717, 1.165) is 0 Å². The van der Waals surface area contributed by atoms with Gasteiger partial charge in [0.25, 0.3) is 5.91 Å². The van der Waals surface area contributed by atoms with E-state index in [-0.39, 0.29) is 5.91 Å². The van der Waals surface area contributed by atoms with Gasteiger partial charge in [0.15, 0.2) is 0 Å². The highest BCUT2D eigenvalue weighted by Crippen LogP contribution is 2.30. The molecule has 0 atom stereocenters. The van der Waals surface area contributed by atoms with Gasteiger partial charge in [-0.15, -0.1) is 0 Å². The lowest BCUT2D eigenvalue weighted by Gasteiger charge is -2.20. The summed E-state index contributed by atoms with van der Waals surface area (Å²) in [5.41, 5.74) is 0.479. The van der Waals surface area contributed by atoms with Crippen LogP contribution >= 0.6 is 0 Å². The van der Waals surface area contributed by atoms with Crippen LogP contribution in [0.4, 0.5) is 5.69 Å². The number of amides is 1. The molecule has 2 rings (SSSR count). The van der Waals surface area contributed by atoms with E-state index in [1.807, 2.05) is 0 Å². The minimum absolute atomic E-state index is 0.294. The quantitative estimate of drug-likeness (QED) is 0.840. The van der Waals surface area contributed by atoms with Crippen LogP contribution in [0.2, 0.25) is 0 Å². The molecule has 1 amide bonds. The first-order valence-electron chi connectivity index (χ1n) is 7.67. The third-order valence-corrected chi connectivity index (χ3v) is 4.05. The molecule has 2 aromatic rings. The number of ether oxygens (including phenoxy) is 2. The Hall–Kier alpha value is -3.02. The normalized spacial score (nSPS) is 10.9. The highest BCUT2D eigenvalue weighted by atomic mass is 16.5. The second kappa shape index (κ2) is 7.25. The van der Waals surface area contributed by atoms with Gasteiger partial charge < -0.3 is 19.9 Å². The predicted molar refractivity (Wildman–Crippen MR) is 94.6 cm³/mol. The number of carboxylic acid groups (broad SMARTS) is 1. The second-order valence-corrected chi connectivity index (χ2v) is 6.00. The summed E-state index contributed by atoms with van der Waals surface area (Å²) < 4.78 is 10.5. The number of methoxy groups -OCH3 is 2. The molecule has 0 heterocycles. The molecule has 6 heteroatoms. The largest absolute Gasteiger partial charge is 0.496 e. The van der Waals surface area contributed by atoms with Crippen molar-refractivity contribution in [2.45, 2.75) is 19.3 Å². The molecule has 0 aliphatic carbocycles. The summed E-state index contributed by atoms with van der Waals surface area (Å²) in [7, 11) is 2.96. The zero-order valence-electron chi connectivity index (χ0n) is 14.6. The smallest absolute Gasteiger partial charge is 0.313 e. The summed E-state index contributed by atoms with van der Waals surface area (Å²) in [6, 6.07) is 11.8. The first-order valence-corrected chi connectivity index (χ1v) is 7.67. The summed E-state index contributed by atoms with van der Waals surface area (Å²) in [5, 5.41) is 12.0. The van der Waals surface area contributed by atoms with Gasteiger partial charge in [-0.05, 0) is 43.7 Å². The van der Waals surface area contributed by atoms with Crippen LogP contribution in [0.25, 0.3) is 0 Å². The van der Waals surface area contributed by atoms with Gasteiger partial charge in [0.1, 0.15) is 17.1 Å². The molecule has 0 unspecified atom stereocenters. The number of carboxylic acids is 1. The average molecular weight is 343 g/mol. The molecule has 2 aromatic carbocycles. The lowest BCUT2D eigenvalue weighted by Crippen LogP contribution is -2.28. The molecular formula is C19H21NO5. The van der Waals surface area contributed by atoms with Gasteiger partial charge in [-0.2, -0.15) is 0 Å². The van der Waals surface area contributed by atoms with Crippen LogP contribution in [0.15, 0.2) is 42.5 Å². The highest BCUT2D eigenvalue weighted by molar-refractivity contribution is 6.08. The van der Waals surface area contributed by atoms with Crippen molar-refractivity contribution in [2.75, 3.05) is 19.5 Å². The van der Waals surface area contributed by atoms with Crippen LogP contribution in [0.5, 0.6) is 11.5 Å². The minimum atomic E-state index is -1.01. The van der Waals surface area contributed by atoms with E-state index >= 15 is 0 Å². The maximum atomic E-state index is 12.6. The Bertz CT molecular complexity index is 759. The van der Waals surface area contributed by atoms with E-state index in [2.05, 4.69) is 5.32 Å². The van der Waals surface area contributed by atoms with E-state index in [4.69, 9.17) is 9.47 Å². The van der Waals surface area contributed by atoms with Gasteiger partial charge in [0, 0.05) is 5.69 Å². The number of carbonyl (C=O) groups excluding carboxylic acids is 1. The number of benzene rings is 2. The SMILES string of the molecule is COc1cccc(OC)c1C(=O)Nc1ccc(C(C)(C)C(=O)O)cc1. The lowest BCUT2D eigenvalue weighted by molar-refractivity contribution is -0.142. The summed E-state index contributed by atoms with van der Waals surface area (Å²) in [4.78, 5) is 23.9. The molecule has 0 aromatic heterocycles. The summed E-state index contributed by atoms with van der Waals surface area (Å²) in [6.45, 7) is 3.26. The molecule has 6 nitrogen and oxygen atoms in total. The number of hydrogen-bond acceptors (Lipinski definition) is 4. The summed E-state index contributed by atoms with van der Waals surface area (Å²) in [6.07, 6.45) is 0. The number of aliphatic carboxylic acids is 1. The molecule has 0 aliphatic heterocycles. The van der Waals surface area contributed by atoms with Crippen molar-refractivity contribution in [3.8, 4) is 11.5 Å².